The number of aromatic nitrogens is 2. The van der Waals surface area contributed by atoms with E-state index in [0.717, 1.165) is 5.56 Å². The molecule has 1 aromatic carbocycles. The average molecular weight is 290 g/mol. The number of rotatable bonds is 6. The van der Waals surface area contributed by atoms with Crippen LogP contribution in [0.2, 0.25) is 0 Å². The van der Waals surface area contributed by atoms with Crippen molar-refractivity contribution in [2.24, 2.45) is 0 Å². The quantitative estimate of drug-likeness (QED) is 0.861. The molecule has 0 fully saturated rings. The summed E-state index contributed by atoms with van der Waals surface area (Å²) in [6.07, 6.45) is 0. The van der Waals surface area contributed by atoms with E-state index in [1.165, 1.54) is 4.68 Å². The summed E-state index contributed by atoms with van der Waals surface area (Å²) in [7, 11) is 3.13. The van der Waals surface area contributed by atoms with Crippen LogP contribution < -0.4 is 10.3 Å². The maximum absolute atomic E-state index is 12.1. The fraction of sp³-hybridized carbons (Fsp3) is 0.333. The van der Waals surface area contributed by atoms with Gasteiger partial charge in [0.15, 0.2) is 0 Å². The van der Waals surface area contributed by atoms with Gasteiger partial charge in [-0.15, -0.1) is 0 Å². The van der Waals surface area contributed by atoms with Crippen LogP contribution >= 0.6 is 0 Å². The molecule has 2 rings (SSSR count). The van der Waals surface area contributed by atoms with Gasteiger partial charge in [0.1, 0.15) is 5.75 Å². The fourth-order valence-corrected chi connectivity index (χ4v) is 2.03. The van der Waals surface area contributed by atoms with Gasteiger partial charge in [-0.1, -0.05) is 12.1 Å². The number of ether oxygens (including phenoxy) is 2. The minimum atomic E-state index is -0.337. The van der Waals surface area contributed by atoms with Crippen molar-refractivity contribution in [3.05, 3.63) is 46.2 Å². The SMILES string of the molecule is COCCn1nc(-c2ccccc2OC)cc(CO)c1=O. The molecule has 1 heterocycles. The molecular formula is C15H18N2O4. The Bertz CT molecular complexity index is 667. The molecule has 1 aromatic heterocycles. The second kappa shape index (κ2) is 7.01. The van der Waals surface area contributed by atoms with E-state index >= 15 is 0 Å². The van der Waals surface area contributed by atoms with Crippen LogP contribution in [0.5, 0.6) is 5.75 Å². The van der Waals surface area contributed by atoms with E-state index in [-0.39, 0.29) is 12.2 Å². The van der Waals surface area contributed by atoms with Crippen molar-refractivity contribution in [2.75, 3.05) is 20.8 Å². The summed E-state index contributed by atoms with van der Waals surface area (Å²) >= 11 is 0. The Kier molecular flexibility index (Phi) is 5.08. The van der Waals surface area contributed by atoms with E-state index in [2.05, 4.69) is 5.10 Å². The number of para-hydroxylation sites is 1. The largest absolute Gasteiger partial charge is 0.496 e. The molecule has 0 spiro atoms. The third-order valence-electron chi connectivity index (χ3n) is 3.11. The van der Waals surface area contributed by atoms with Crippen LogP contribution in [0.4, 0.5) is 0 Å². The van der Waals surface area contributed by atoms with Crippen LogP contribution in [-0.2, 0) is 17.9 Å². The van der Waals surface area contributed by atoms with Crippen LogP contribution in [0.15, 0.2) is 35.1 Å². The standard InChI is InChI=1S/C15H18N2O4/c1-20-8-7-17-15(19)11(10-18)9-13(16-17)12-5-3-4-6-14(12)21-2/h3-6,9,18H,7-8,10H2,1-2H3. The predicted molar refractivity (Wildman–Crippen MR) is 78.3 cm³/mol. The molecule has 0 saturated carbocycles. The lowest BCUT2D eigenvalue weighted by Crippen LogP contribution is -2.28. The maximum atomic E-state index is 12.1. The monoisotopic (exact) mass is 290 g/mol. The van der Waals surface area contributed by atoms with Gasteiger partial charge in [-0.2, -0.15) is 5.10 Å². The van der Waals surface area contributed by atoms with E-state index in [0.29, 0.717) is 30.2 Å². The van der Waals surface area contributed by atoms with Gasteiger partial charge in [-0.25, -0.2) is 4.68 Å². The zero-order valence-corrected chi connectivity index (χ0v) is 12.1. The summed E-state index contributed by atoms with van der Waals surface area (Å²) in [4.78, 5) is 12.1. The van der Waals surface area contributed by atoms with Crippen molar-refractivity contribution < 1.29 is 14.6 Å². The van der Waals surface area contributed by atoms with Gasteiger partial charge in [0.05, 0.1) is 32.6 Å². The summed E-state index contributed by atoms with van der Waals surface area (Å²) in [5.41, 5.74) is 1.32. The van der Waals surface area contributed by atoms with Gasteiger partial charge >= 0.3 is 0 Å². The van der Waals surface area contributed by atoms with Gasteiger partial charge < -0.3 is 14.6 Å². The number of hydrogen-bond donors (Lipinski definition) is 1. The highest BCUT2D eigenvalue weighted by atomic mass is 16.5. The number of aliphatic hydroxyl groups is 1. The van der Waals surface area contributed by atoms with Crippen molar-refractivity contribution >= 4 is 0 Å². The highest BCUT2D eigenvalue weighted by molar-refractivity contribution is 5.67. The molecule has 0 unspecified atom stereocenters. The Labute approximate surface area is 122 Å². The first-order valence-electron chi connectivity index (χ1n) is 6.55. The van der Waals surface area contributed by atoms with Crippen molar-refractivity contribution in [3.8, 4) is 17.0 Å². The van der Waals surface area contributed by atoms with Gasteiger partial charge in [-0.05, 0) is 18.2 Å². The minimum absolute atomic E-state index is 0.294. The molecule has 0 saturated heterocycles. The smallest absolute Gasteiger partial charge is 0.272 e. The van der Waals surface area contributed by atoms with Gasteiger partial charge in [0.2, 0.25) is 0 Å². The second-order valence-corrected chi connectivity index (χ2v) is 4.43. The summed E-state index contributed by atoms with van der Waals surface area (Å²) in [6.45, 7) is 0.356. The topological polar surface area (TPSA) is 73.6 Å². The van der Waals surface area contributed by atoms with Crippen molar-refractivity contribution in [1.82, 2.24) is 9.78 Å². The summed E-state index contributed by atoms with van der Waals surface area (Å²) in [5.74, 6) is 0.658. The molecule has 2 aromatic rings. The van der Waals surface area contributed by atoms with Crippen molar-refractivity contribution in [3.63, 3.8) is 0 Å². The summed E-state index contributed by atoms with van der Waals surface area (Å²) < 4.78 is 11.6. The Balaban J connectivity index is 2.55. The normalized spacial score (nSPS) is 10.6. The Morgan fingerprint density at radius 3 is 2.71 bits per heavy atom. The molecule has 0 aliphatic carbocycles. The fourth-order valence-electron chi connectivity index (χ4n) is 2.03. The van der Waals surface area contributed by atoms with Crippen LogP contribution in [0, 0.1) is 0 Å². The Hall–Kier alpha value is -2.18. The van der Waals surface area contributed by atoms with E-state index in [4.69, 9.17) is 9.47 Å². The molecule has 0 aliphatic rings. The van der Waals surface area contributed by atoms with Gasteiger partial charge in [0, 0.05) is 18.2 Å². The Morgan fingerprint density at radius 1 is 1.29 bits per heavy atom. The number of methoxy groups -OCH3 is 2. The third-order valence-corrected chi connectivity index (χ3v) is 3.11. The van der Waals surface area contributed by atoms with E-state index < -0.39 is 0 Å². The molecule has 1 N–H and O–H groups in total. The second-order valence-electron chi connectivity index (χ2n) is 4.43. The molecule has 6 nitrogen and oxygen atoms in total. The third kappa shape index (κ3) is 3.29. The highest BCUT2D eigenvalue weighted by Crippen LogP contribution is 2.27. The zero-order valence-electron chi connectivity index (χ0n) is 12.1. The first-order chi connectivity index (χ1) is 10.2. The van der Waals surface area contributed by atoms with Crippen LogP contribution in [0.3, 0.4) is 0 Å². The number of hydrogen-bond acceptors (Lipinski definition) is 5. The Morgan fingerprint density at radius 2 is 2.05 bits per heavy atom. The molecule has 0 aliphatic heterocycles. The maximum Gasteiger partial charge on any atom is 0.272 e. The molecule has 0 atom stereocenters. The number of aliphatic hydroxyl groups excluding tert-OH is 1. The highest BCUT2D eigenvalue weighted by Gasteiger charge is 2.12. The van der Waals surface area contributed by atoms with Crippen LogP contribution in [0.25, 0.3) is 11.3 Å². The lowest BCUT2D eigenvalue weighted by atomic mass is 10.1. The first-order valence-corrected chi connectivity index (χ1v) is 6.55. The predicted octanol–water partition coefficient (Wildman–Crippen LogP) is 1.06. The molecule has 0 amide bonds. The average Bonchev–Trinajstić information content (AvgIpc) is 2.53. The van der Waals surface area contributed by atoms with E-state index in [1.807, 2.05) is 24.3 Å². The number of benzene rings is 1. The molecule has 0 radical (unpaired) electrons. The summed E-state index contributed by atoms with van der Waals surface area (Å²) in [5, 5.41) is 13.7. The van der Waals surface area contributed by atoms with Crippen molar-refractivity contribution in [2.45, 2.75) is 13.2 Å². The lowest BCUT2D eigenvalue weighted by molar-refractivity contribution is 0.181. The molecule has 21 heavy (non-hydrogen) atoms. The van der Waals surface area contributed by atoms with Gasteiger partial charge in [0.25, 0.3) is 5.56 Å². The molecule has 6 heteroatoms. The van der Waals surface area contributed by atoms with E-state index in [9.17, 15) is 9.90 Å². The zero-order chi connectivity index (χ0) is 15.2. The number of nitrogens with zero attached hydrogens (tertiary/aromatic N) is 2. The van der Waals surface area contributed by atoms with Crippen LogP contribution in [0.1, 0.15) is 5.56 Å². The summed E-state index contributed by atoms with van der Waals surface area (Å²) in [6, 6.07) is 8.98. The van der Waals surface area contributed by atoms with Crippen LogP contribution in [-0.4, -0.2) is 35.7 Å². The van der Waals surface area contributed by atoms with Gasteiger partial charge in [-0.3, -0.25) is 4.79 Å². The molecule has 0 bridgehead atoms. The molecule has 112 valence electrons. The van der Waals surface area contributed by atoms with E-state index in [1.54, 1.807) is 20.3 Å². The van der Waals surface area contributed by atoms with Crippen molar-refractivity contribution in [1.29, 1.82) is 0 Å². The molecular weight excluding hydrogens is 272 g/mol. The first kappa shape index (κ1) is 15.2. The minimum Gasteiger partial charge on any atom is -0.496 e. The lowest BCUT2D eigenvalue weighted by Gasteiger charge is -2.11.